The Bertz CT molecular complexity index is 1520. The normalized spacial score (nSPS) is 14.4. The summed E-state index contributed by atoms with van der Waals surface area (Å²) in [6.07, 6.45) is 2.21. The molecular weight excluding hydrogens is 550 g/mol. The van der Waals surface area contributed by atoms with Gasteiger partial charge in [-0.3, -0.25) is 4.79 Å². The van der Waals surface area contributed by atoms with E-state index < -0.39 is 26.0 Å². The molecule has 214 valence electrons. The lowest BCUT2D eigenvalue weighted by Gasteiger charge is -2.23. The van der Waals surface area contributed by atoms with E-state index in [2.05, 4.69) is 5.32 Å². The van der Waals surface area contributed by atoms with Gasteiger partial charge in [-0.05, 0) is 67.1 Å². The van der Waals surface area contributed by atoms with E-state index in [4.69, 9.17) is 4.74 Å². The lowest BCUT2D eigenvalue weighted by molar-refractivity contribution is -0.121. The van der Waals surface area contributed by atoms with Crippen molar-refractivity contribution in [2.45, 2.75) is 42.5 Å². The number of nitrogens with zero attached hydrogens (tertiary/aromatic N) is 2. The largest absolute Gasteiger partial charge is 0.495 e. The van der Waals surface area contributed by atoms with Crippen LogP contribution in [0.4, 0.5) is 0 Å². The standard InChI is InChI=1S/C29H35N3O6S2/c1-23-10-15-27(38-2)28(20-23)40(36,37)32(21-25-8-4-3-5-9-25)22-29(33)30-17-16-24-11-13-26(14-12-24)39(34,35)31-18-6-7-19-31/h3-5,8-15,20H,6-7,16-19,21-22H2,1-2H3,(H,30,33). The zero-order valence-corrected chi connectivity index (χ0v) is 24.4. The minimum Gasteiger partial charge on any atom is -0.495 e. The molecular formula is C29H35N3O6S2. The maximum Gasteiger partial charge on any atom is 0.247 e. The van der Waals surface area contributed by atoms with Crippen LogP contribution in [0, 0.1) is 6.92 Å². The molecule has 1 heterocycles. The summed E-state index contributed by atoms with van der Waals surface area (Å²) < 4.78 is 60.9. The van der Waals surface area contributed by atoms with Gasteiger partial charge >= 0.3 is 0 Å². The van der Waals surface area contributed by atoms with Gasteiger partial charge in [-0.1, -0.05) is 48.5 Å². The van der Waals surface area contributed by atoms with Gasteiger partial charge < -0.3 is 10.1 Å². The molecule has 1 aliphatic heterocycles. The number of aryl methyl sites for hydroxylation is 1. The van der Waals surface area contributed by atoms with Crippen molar-refractivity contribution in [2.75, 3.05) is 33.3 Å². The van der Waals surface area contributed by atoms with Gasteiger partial charge in [0.1, 0.15) is 10.6 Å². The van der Waals surface area contributed by atoms with Crippen LogP contribution in [0.2, 0.25) is 0 Å². The number of nitrogens with one attached hydrogen (secondary N) is 1. The molecule has 1 aliphatic rings. The number of methoxy groups -OCH3 is 1. The van der Waals surface area contributed by atoms with Gasteiger partial charge in [0.15, 0.2) is 0 Å². The van der Waals surface area contributed by atoms with E-state index in [0.717, 1.165) is 33.8 Å². The molecule has 3 aromatic rings. The molecule has 0 aromatic heterocycles. The van der Waals surface area contributed by atoms with Crippen LogP contribution in [-0.2, 0) is 37.8 Å². The number of carbonyl (C=O) groups excluding carboxylic acids is 1. The molecule has 3 aromatic carbocycles. The van der Waals surface area contributed by atoms with Gasteiger partial charge in [-0.25, -0.2) is 16.8 Å². The van der Waals surface area contributed by atoms with E-state index in [9.17, 15) is 21.6 Å². The van der Waals surface area contributed by atoms with Crippen molar-refractivity contribution in [3.8, 4) is 5.75 Å². The summed E-state index contributed by atoms with van der Waals surface area (Å²) in [6.45, 7) is 2.79. The highest BCUT2D eigenvalue weighted by atomic mass is 32.2. The summed E-state index contributed by atoms with van der Waals surface area (Å²) in [5, 5.41) is 2.80. The Balaban J connectivity index is 1.43. The molecule has 0 spiro atoms. The summed E-state index contributed by atoms with van der Waals surface area (Å²) in [6, 6.07) is 20.7. The molecule has 0 saturated carbocycles. The van der Waals surface area contributed by atoms with Gasteiger partial charge in [0.05, 0.1) is 18.6 Å². The van der Waals surface area contributed by atoms with Crippen LogP contribution in [0.15, 0.2) is 82.6 Å². The van der Waals surface area contributed by atoms with Crippen LogP contribution in [-0.4, -0.2) is 64.6 Å². The van der Waals surface area contributed by atoms with Crippen LogP contribution in [0.5, 0.6) is 5.75 Å². The predicted octanol–water partition coefficient (Wildman–Crippen LogP) is 3.34. The fraction of sp³-hybridized carbons (Fsp3) is 0.345. The Morgan fingerprint density at radius 2 is 1.60 bits per heavy atom. The van der Waals surface area contributed by atoms with E-state index in [0.29, 0.717) is 19.5 Å². The highest BCUT2D eigenvalue weighted by Crippen LogP contribution is 2.29. The van der Waals surface area contributed by atoms with Crippen molar-refractivity contribution >= 4 is 26.0 Å². The second-order valence-corrected chi connectivity index (χ2v) is 13.6. The van der Waals surface area contributed by atoms with Gasteiger partial charge in [0.25, 0.3) is 0 Å². The minimum absolute atomic E-state index is 0.00250. The average Bonchev–Trinajstić information content (AvgIpc) is 3.50. The topological polar surface area (TPSA) is 113 Å². The molecule has 40 heavy (non-hydrogen) atoms. The fourth-order valence-electron chi connectivity index (χ4n) is 4.61. The molecule has 1 saturated heterocycles. The smallest absolute Gasteiger partial charge is 0.247 e. The van der Waals surface area contributed by atoms with E-state index in [1.54, 1.807) is 43.3 Å². The van der Waals surface area contributed by atoms with Gasteiger partial charge in [-0.2, -0.15) is 8.61 Å². The van der Waals surface area contributed by atoms with Crippen molar-refractivity contribution in [3.05, 3.63) is 89.5 Å². The summed E-state index contributed by atoms with van der Waals surface area (Å²) in [7, 11) is -6.15. The maximum atomic E-state index is 13.7. The number of sulfonamides is 2. The monoisotopic (exact) mass is 585 g/mol. The Morgan fingerprint density at radius 3 is 2.25 bits per heavy atom. The second-order valence-electron chi connectivity index (χ2n) is 9.77. The van der Waals surface area contributed by atoms with E-state index >= 15 is 0 Å². The van der Waals surface area contributed by atoms with Crippen LogP contribution in [0.1, 0.15) is 29.5 Å². The summed E-state index contributed by atoms with van der Waals surface area (Å²) in [5.74, 6) is -0.237. The molecule has 9 nitrogen and oxygen atoms in total. The van der Waals surface area contributed by atoms with Crippen LogP contribution >= 0.6 is 0 Å². The molecule has 0 bridgehead atoms. The summed E-state index contributed by atoms with van der Waals surface area (Å²) in [5.41, 5.74) is 2.36. The highest BCUT2D eigenvalue weighted by molar-refractivity contribution is 7.89. The first kappa shape index (κ1) is 29.7. The Morgan fingerprint density at radius 1 is 0.925 bits per heavy atom. The molecule has 0 radical (unpaired) electrons. The molecule has 1 fully saturated rings. The molecule has 0 aliphatic carbocycles. The Kier molecular flexibility index (Phi) is 9.62. The zero-order chi connectivity index (χ0) is 28.8. The summed E-state index contributed by atoms with van der Waals surface area (Å²) in [4.78, 5) is 13.2. The van der Waals surface area contributed by atoms with E-state index in [1.165, 1.54) is 17.5 Å². The highest BCUT2D eigenvalue weighted by Gasteiger charge is 2.30. The van der Waals surface area contributed by atoms with Gasteiger partial charge in [-0.15, -0.1) is 0 Å². The van der Waals surface area contributed by atoms with Crippen molar-refractivity contribution in [1.82, 2.24) is 13.9 Å². The van der Waals surface area contributed by atoms with Crippen LogP contribution in [0.3, 0.4) is 0 Å². The number of benzene rings is 3. The van der Waals surface area contributed by atoms with Crippen LogP contribution in [0.25, 0.3) is 0 Å². The fourth-order valence-corrected chi connectivity index (χ4v) is 7.75. The van der Waals surface area contributed by atoms with Gasteiger partial charge in [0.2, 0.25) is 26.0 Å². The number of amides is 1. The number of hydrogen-bond acceptors (Lipinski definition) is 6. The molecule has 0 atom stereocenters. The molecule has 1 amide bonds. The van der Waals surface area contributed by atoms with Crippen molar-refractivity contribution in [1.29, 1.82) is 0 Å². The van der Waals surface area contributed by atoms with Crippen molar-refractivity contribution < 1.29 is 26.4 Å². The zero-order valence-electron chi connectivity index (χ0n) is 22.7. The van der Waals surface area contributed by atoms with E-state index in [-0.39, 0.29) is 35.2 Å². The third kappa shape index (κ3) is 7.08. The molecule has 4 rings (SSSR count). The van der Waals surface area contributed by atoms with Crippen molar-refractivity contribution in [3.63, 3.8) is 0 Å². The third-order valence-electron chi connectivity index (χ3n) is 6.82. The number of rotatable bonds is 12. The predicted molar refractivity (Wildman–Crippen MR) is 153 cm³/mol. The molecule has 1 N–H and O–H groups in total. The molecule has 0 unspecified atom stereocenters. The quantitative estimate of drug-likeness (QED) is 0.349. The van der Waals surface area contributed by atoms with E-state index in [1.807, 2.05) is 30.3 Å². The first-order valence-electron chi connectivity index (χ1n) is 13.2. The SMILES string of the molecule is COc1ccc(C)cc1S(=O)(=O)N(CC(=O)NCCc1ccc(S(=O)(=O)N2CCCC2)cc1)Cc1ccccc1. The Labute approximate surface area is 236 Å². The maximum absolute atomic E-state index is 13.7. The first-order valence-corrected chi connectivity index (χ1v) is 16.0. The van der Waals surface area contributed by atoms with Crippen molar-refractivity contribution in [2.24, 2.45) is 0 Å². The first-order chi connectivity index (χ1) is 19.1. The lowest BCUT2D eigenvalue weighted by Crippen LogP contribution is -2.41. The lowest BCUT2D eigenvalue weighted by atomic mass is 10.1. The third-order valence-corrected chi connectivity index (χ3v) is 10.5. The number of carbonyl (C=O) groups is 1. The Hall–Kier alpha value is -3.25. The van der Waals surface area contributed by atoms with Gasteiger partial charge in [0, 0.05) is 26.2 Å². The summed E-state index contributed by atoms with van der Waals surface area (Å²) >= 11 is 0. The average molecular weight is 586 g/mol. The second kappa shape index (κ2) is 12.9. The van der Waals surface area contributed by atoms with Crippen LogP contribution < -0.4 is 10.1 Å². The number of ether oxygens (including phenoxy) is 1. The molecule has 11 heteroatoms. The minimum atomic E-state index is -4.08. The number of hydrogen-bond donors (Lipinski definition) is 1.